The van der Waals surface area contributed by atoms with Gasteiger partial charge in [0.25, 0.3) is 5.91 Å². The third kappa shape index (κ3) is 6.97. The van der Waals surface area contributed by atoms with E-state index in [1.807, 2.05) is 115 Å². The molecule has 1 heterocycles. The monoisotopic (exact) mass is 596 g/mol. The summed E-state index contributed by atoms with van der Waals surface area (Å²) in [6.07, 6.45) is 0.238. The van der Waals surface area contributed by atoms with Crippen LogP contribution in [0.15, 0.2) is 145 Å². The van der Waals surface area contributed by atoms with Crippen LogP contribution in [0.5, 0.6) is 5.75 Å². The number of carbonyl (C=O) groups is 1. The van der Waals surface area contributed by atoms with Crippen molar-refractivity contribution in [3.63, 3.8) is 0 Å². The van der Waals surface area contributed by atoms with Crippen molar-refractivity contribution in [1.82, 2.24) is 5.32 Å². The zero-order valence-corrected chi connectivity index (χ0v) is 25.0. The highest BCUT2D eigenvalue weighted by molar-refractivity contribution is 6.01. The van der Waals surface area contributed by atoms with E-state index in [9.17, 15) is 4.79 Å². The second kappa shape index (κ2) is 14.1. The lowest BCUT2D eigenvalue weighted by Gasteiger charge is -2.31. The van der Waals surface area contributed by atoms with Crippen molar-refractivity contribution in [2.24, 2.45) is 4.99 Å². The van der Waals surface area contributed by atoms with Gasteiger partial charge in [0.2, 0.25) is 5.90 Å². The maximum atomic E-state index is 14.5. The summed E-state index contributed by atoms with van der Waals surface area (Å²) >= 11 is 0. The van der Waals surface area contributed by atoms with Crippen LogP contribution in [0, 0.1) is 0 Å². The number of nitrogens with zero attached hydrogens (tertiary/aromatic N) is 1. The van der Waals surface area contributed by atoms with Crippen LogP contribution in [0.3, 0.4) is 0 Å². The summed E-state index contributed by atoms with van der Waals surface area (Å²) in [5.74, 6) is 0.890. The lowest BCUT2D eigenvalue weighted by Crippen LogP contribution is -2.49. The number of ether oxygens (including phenoxy) is 2. The second-order valence-electron chi connectivity index (χ2n) is 11.1. The zero-order valence-electron chi connectivity index (χ0n) is 25.0. The number of carbonyl (C=O) groups excluding carboxylic acids is 1. The van der Waals surface area contributed by atoms with Crippen LogP contribution in [0.25, 0.3) is 11.1 Å². The van der Waals surface area contributed by atoms with Crippen molar-refractivity contribution in [1.29, 1.82) is 0 Å². The van der Waals surface area contributed by atoms with E-state index < -0.39 is 11.6 Å². The molecule has 5 aromatic carbocycles. The molecule has 0 unspecified atom stereocenters. The molecule has 0 spiro atoms. The Morgan fingerprint density at radius 2 is 1.31 bits per heavy atom. The van der Waals surface area contributed by atoms with Gasteiger partial charge in [-0.2, -0.15) is 0 Å². The fraction of sp³-hybridized carbons (Fsp3) is 0.179. The number of aliphatic imine (C=N–C) groups is 1. The molecule has 2 N–H and O–H groups in total. The van der Waals surface area contributed by atoms with E-state index in [4.69, 9.17) is 19.6 Å². The molecule has 0 bridgehead atoms. The first kappa shape index (κ1) is 29.9. The number of aliphatic hydroxyl groups excluding tert-OH is 1. The van der Waals surface area contributed by atoms with Gasteiger partial charge in [-0.25, -0.2) is 4.99 Å². The van der Waals surface area contributed by atoms with Crippen LogP contribution in [0.1, 0.15) is 34.8 Å². The van der Waals surface area contributed by atoms with Gasteiger partial charge in [-0.3, -0.25) is 4.79 Å². The van der Waals surface area contributed by atoms with Crippen molar-refractivity contribution in [3.8, 4) is 16.9 Å². The molecule has 1 aliphatic rings. The summed E-state index contributed by atoms with van der Waals surface area (Å²) in [4.78, 5) is 19.6. The number of amides is 1. The molecule has 2 atom stereocenters. The molecule has 45 heavy (non-hydrogen) atoms. The summed E-state index contributed by atoms with van der Waals surface area (Å²) < 4.78 is 12.4. The van der Waals surface area contributed by atoms with E-state index in [0.717, 1.165) is 33.4 Å². The van der Waals surface area contributed by atoms with Crippen molar-refractivity contribution >= 4 is 11.8 Å². The predicted molar refractivity (Wildman–Crippen MR) is 177 cm³/mol. The summed E-state index contributed by atoms with van der Waals surface area (Å²) in [7, 11) is 0. The molecular weight excluding hydrogens is 560 g/mol. The van der Waals surface area contributed by atoms with Gasteiger partial charge >= 0.3 is 0 Å². The third-order valence-corrected chi connectivity index (χ3v) is 7.96. The minimum Gasteiger partial charge on any atom is -0.494 e. The average molecular weight is 597 g/mol. The second-order valence-corrected chi connectivity index (χ2v) is 11.1. The Kier molecular flexibility index (Phi) is 9.33. The van der Waals surface area contributed by atoms with Gasteiger partial charge in [-0.05, 0) is 52.1 Å². The summed E-state index contributed by atoms with van der Waals surface area (Å²) in [5.41, 5.74) is 4.53. The molecule has 0 saturated carbocycles. The van der Waals surface area contributed by atoms with Crippen LogP contribution >= 0.6 is 0 Å². The Labute approximate surface area is 264 Å². The number of aliphatic hydroxyl groups is 1. The lowest BCUT2D eigenvalue weighted by atomic mass is 9.81. The molecule has 226 valence electrons. The normalized spacial score (nSPS) is 17.3. The highest BCUT2D eigenvalue weighted by Gasteiger charge is 2.53. The molecule has 6 rings (SSSR count). The van der Waals surface area contributed by atoms with Gasteiger partial charge in [0, 0.05) is 31.6 Å². The number of hydrogen-bond acceptors (Lipinski definition) is 5. The lowest BCUT2D eigenvalue weighted by molar-refractivity contribution is -0.129. The van der Waals surface area contributed by atoms with E-state index in [1.165, 1.54) is 0 Å². The van der Waals surface area contributed by atoms with Crippen molar-refractivity contribution < 1.29 is 19.4 Å². The minimum absolute atomic E-state index is 0.0757. The van der Waals surface area contributed by atoms with E-state index in [1.54, 1.807) is 0 Å². The van der Waals surface area contributed by atoms with Crippen LogP contribution in [-0.4, -0.2) is 35.7 Å². The molecule has 0 saturated heterocycles. The molecule has 0 fully saturated rings. The predicted octanol–water partition coefficient (Wildman–Crippen LogP) is 6.93. The molecule has 6 nitrogen and oxygen atoms in total. The van der Waals surface area contributed by atoms with Crippen molar-refractivity contribution in [2.45, 2.75) is 31.0 Å². The van der Waals surface area contributed by atoms with E-state index in [0.29, 0.717) is 37.6 Å². The van der Waals surface area contributed by atoms with Crippen LogP contribution in [0.2, 0.25) is 0 Å². The molecule has 0 aromatic heterocycles. The Bertz CT molecular complexity index is 1710. The van der Waals surface area contributed by atoms with Crippen molar-refractivity contribution in [3.05, 3.63) is 162 Å². The molecule has 1 amide bonds. The first-order chi connectivity index (χ1) is 22.1. The van der Waals surface area contributed by atoms with E-state index in [-0.39, 0.29) is 12.5 Å². The highest BCUT2D eigenvalue weighted by Crippen LogP contribution is 2.43. The van der Waals surface area contributed by atoms with Crippen molar-refractivity contribution in [2.75, 3.05) is 13.2 Å². The maximum Gasteiger partial charge on any atom is 0.252 e. The molecule has 0 radical (unpaired) electrons. The van der Waals surface area contributed by atoms with Crippen LogP contribution in [0.4, 0.5) is 0 Å². The quantitative estimate of drug-likeness (QED) is 0.153. The Morgan fingerprint density at radius 3 is 1.96 bits per heavy atom. The average Bonchev–Trinajstić information content (AvgIpc) is 3.49. The van der Waals surface area contributed by atoms with Gasteiger partial charge in [0.1, 0.15) is 5.75 Å². The number of nitrogens with one attached hydrogen (secondary N) is 1. The first-order valence-corrected chi connectivity index (χ1v) is 15.3. The van der Waals surface area contributed by atoms with Gasteiger partial charge in [-0.15, -0.1) is 0 Å². The number of rotatable bonds is 12. The standard InChI is InChI=1S/C39H36N2O4/c42-25-10-26-44-35-23-21-34(22-24-35)37-41-39(27-29-11-4-1-5-12-29,38(43)40-28-30-13-6-2-7-14-30)36(45-37)33-19-17-32(18-20-33)31-15-8-3-9-16-31/h1-9,11-24,36,42H,10,25-28H2,(H,40,43)/t36-,39-/m1/s1. The summed E-state index contributed by atoms with van der Waals surface area (Å²) in [5, 5.41) is 12.3. The van der Waals surface area contributed by atoms with Crippen LogP contribution in [-0.2, 0) is 22.5 Å². The smallest absolute Gasteiger partial charge is 0.252 e. The van der Waals surface area contributed by atoms with Crippen LogP contribution < -0.4 is 10.1 Å². The van der Waals surface area contributed by atoms with E-state index >= 15 is 0 Å². The Hall–Kier alpha value is -5.20. The number of hydrogen-bond donors (Lipinski definition) is 2. The van der Waals surface area contributed by atoms with E-state index in [2.05, 4.69) is 29.6 Å². The minimum atomic E-state index is -1.27. The van der Waals surface area contributed by atoms with Gasteiger partial charge in [0.05, 0.1) is 6.61 Å². The zero-order chi connectivity index (χ0) is 30.9. The maximum absolute atomic E-state index is 14.5. The topological polar surface area (TPSA) is 80.2 Å². The molecule has 5 aromatic rings. The van der Waals surface area contributed by atoms with Gasteiger partial charge in [-0.1, -0.05) is 115 Å². The molecule has 6 heteroatoms. The summed E-state index contributed by atoms with van der Waals surface area (Å²) in [6.45, 7) is 0.878. The third-order valence-electron chi connectivity index (χ3n) is 7.96. The Balaban J connectivity index is 1.39. The molecule has 1 aliphatic heterocycles. The number of benzene rings is 5. The highest BCUT2D eigenvalue weighted by atomic mass is 16.5. The Morgan fingerprint density at radius 1 is 0.733 bits per heavy atom. The fourth-order valence-corrected chi connectivity index (χ4v) is 5.60. The van der Waals surface area contributed by atoms with Gasteiger partial charge < -0.3 is 19.9 Å². The first-order valence-electron chi connectivity index (χ1n) is 15.3. The molecular formula is C39H36N2O4. The SMILES string of the molecule is O=C(NCc1ccccc1)[C@]1(Cc2ccccc2)N=C(c2ccc(OCCCO)cc2)O[C@@H]1c1ccc(-c2ccccc2)cc1. The summed E-state index contributed by atoms with van der Waals surface area (Å²) in [6, 6.07) is 45.7. The molecule has 0 aliphatic carbocycles. The largest absolute Gasteiger partial charge is 0.494 e. The fourth-order valence-electron chi connectivity index (χ4n) is 5.60. The van der Waals surface area contributed by atoms with Gasteiger partial charge in [0.15, 0.2) is 11.6 Å².